The van der Waals surface area contributed by atoms with Gasteiger partial charge in [0.05, 0.1) is 22.2 Å². The van der Waals surface area contributed by atoms with E-state index in [0.29, 0.717) is 16.3 Å². The molecule has 3 rings (SSSR count). The van der Waals surface area contributed by atoms with Crippen molar-refractivity contribution in [3.05, 3.63) is 71.2 Å². The molecule has 0 heterocycles. The molecule has 3 aromatic rings. The molecule has 0 saturated heterocycles. The number of rotatable bonds is 3. The molecule has 0 aliphatic heterocycles. The summed E-state index contributed by atoms with van der Waals surface area (Å²) < 4.78 is 13.7. The van der Waals surface area contributed by atoms with Gasteiger partial charge < -0.3 is 11.5 Å². The highest BCUT2D eigenvalue weighted by atomic mass is 79.9. The first-order valence-electron chi connectivity index (χ1n) is 6.97. The summed E-state index contributed by atoms with van der Waals surface area (Å²) in [5.41, 5.74) is 14.6. The van der Waals surface area contributed by atoms with Gasteiger partial charge in [-0.25, -0.2) is 4.21 Å². The van der Waals surface area contributed by atoms with Gasteiger partial charge in [0.2, 0.25) is 0 Å². The molecule has 5 heteroatoms. The Hall–Kier alpha value is -2.11. The highest BCUT2D eigenvalue weighted by Gasteiger charge is 2.09. The molecule has 1 unspecified atom stereocenters. The summed E-state index contributed by atoms with van der Waals surface area (Å²) in [5, 5.41) is 0. The summed E-state index contributed by atoms with van der Waals surface area (Å²) in [5.74, 6) is 0. The minimum atomic E-state index is -1.28. The average molecular weight is 387 g/mol. The van der Waals surface area contributed by atoms with Gasteiger partial charge in [-0.1, -0.05) is 40.2 Å². The second-order valence-electron chi connectivity index (χ2n) is 5.09. The van der Waals surface area contributed by atoms with Crippen LogP contribution in [0.1, 0.15) is 0 Å². The Labute approximate surface area is 145 Å². The molecule has 3 nitrogen and oxygen atoms in total. The molecular formula is C18H15BrN2OS. The van der Waals surface area contributed by atoms with E-state index in [4.69, 9.17) is 11.5 Å². The van der Waals surface area contributed by atoms with Crippen LogP contribution in [0.4, 0.5) is 11.4 Å². The fourth-order valence-electron chi connectivity index (χ4n) is 2.22. The maximum absolute atomic E-state index is 12.6. The van der Waals surface area contributed by atoms with Crippen LogP contribution >= 0.6 is 15.9 Å². The first-order valence-corrected chi connectivity index (χ1v) is 8.91. The largest absolute Gasteiger partial charge is 0.397 e. The van der Waals surface area contributed by atoms with Gasteiger partial charge in [-0.15, -0.1) is 0 Å². The van der Waals surface area contributed by atoms with Gasteiger partial charge in [0, 0.05) is 14.3 Å². The lowest BCUT2D eigenvalue weighted by molar-refractivity contribution is 0.683. The molecule has 0 aliphatic rings. The predicted molar refractivity (Wildman–Crippen MR) is 99.5 cm³/mol. The summed E-state index contributed by atoms with van der Waals surface area (Å²) in [7, 11) is -1.28. The fourth-order valence-corrected chi connectivity index (χ4v) is 3.56. The zero-order chi connectivity index (χ0) is 16.4. The summed E-state index contributed by atoms with van der Waals surface area (Å²) in [6.45, 7) is 0. The number of nitrogen functional groups attached to an aromatic ring is 2. The Kier molecular flexibility index (Phi) is 4.50. The number of hydrogen-bond acceptors (Lipinski definition) is 3. The van der Waals surface area contributed by atoms with E-state index in [1.54, 1.807) is 18.2 Å². The van der Waals surface area contributed by atoms with Gasteiger partial charge in [0.1, 0.15) is 0 Å². The van der Waals surface area contributed by atoms with Gasteiger partial charge in [0.25, 0.3) is 0 Å². The van der Waals surface area contributed by atoms with Crippen molar-refractivity contribution in [3.63, 3.8) is 0 Å². The minimum Gasteiger partial charge on any atom is -0.397 e. The van der Waals surface area contributed by atoms with Crippen LogP contribution in [0.2, 0.25) is 0 Å². The Morgan fingerprint density at radius 2 is 1.22 bits per heavy atom. The van der Waals surface area contributed by atoms with Gasteiger partial charge >= 0.3 is 0 Å². The van der Waals surface area contributed by atoms with E-state index < -0.39 is 10.8 Å². The lowest BCUT2D eigenvalue weighted by Gasteiger charge is -2.07. The van der Waals surface area contributed by atoms with Crippen LogP contribution in [-0.4, -0.2) is 4.21 Å². The highest BCUT2D eigenvalue weighted by molar-refractivity contribution is 9.10. The lowest BCUT2D eigenvalue weighted by atomic mass is 10.1. The van der Waals surface area contributed by atoms with Crippen LogP contribution in [0.15, 0.2) is 81.0 Å². The molecule has 0 fully saturated rings. The maximum atomic E-state index is 12.6. The summed E-state index contributed by atoms with van der Waals surface area (Å²) in [6.07, 6.45) is 0. The van der Waals surface area contributed by atoms with Crippen molar-refractivity contribution in [2.24, 2.45) is 0 Å². The number of hydrogen-bond donors (Lipinski definition) is 2. The number of benzene rings is 3. The van der Waals surface area contributed by atoms with Crippen LogP contribution in [0.25, 0.3) is 11.1 Å². The zero-order valence-corrected chi connectivity index (χ0v) is 14.6. The van der Waals surface area contributed by atoms with Crippen molar-refractivity contribution in [2.75, 3.05) is 11.5 Å². The first kappa shape index (κ1) is 15.8. The third-order valence-electron chi connectivity index (χ3n) is 3.52. The van der Waals surface area contributed by atoms with E-state index in [2.05, 4.69) is 15.9 Å². The monoisotopic (exact) mass is 386 g/mol. The second-order valence-corrected chi connectivity index (χ2v) is 7.49. The van der Waals surface area contributed by atoms with Crippen molar-refractivity contribution in [1.29, 1.82) is 0 Å². The van der Waals surface area contributed by atoms with Gasteiger partial charge in [-0.2, -0.15) is 0 Å². The molecule has 0 saturated carbocycles. The van der Waals surface area contributed by atoms with Gasteiger partial charge in [-0.3, -0.25) is 0 Å². The van der Waals surface area contributed by atoms with E-state index in [1.165, 1.54) is 0 Å². The molecule has 23 heavy (non-hydrogen) atoms. The average Bonchev–Trinajstić information content (AvgIpc) is 2.57. The number of halogens is 1. The van der Waals surface area contributed by atoms with Crippen LogP contribution in [0.3, 0.4) is 0 Å². The van der Waals surface area contributed by atoms with Crippen LogP contribution < -0.4 is 11.5 Å². The fraction of sp³-hybridized carbons (Fsp3) is 0. The van der Waals surface area contributed by atoms with Crippen molar-refractivity contribution in [3.8, 4) is 11.1 Å². The SMILES string of the molecule is Nc1ccc(S(=O)c2ccc(-c3ccc(Br)cc3)cc2)cc1N. The second kappa shape index (κ2) is 6.56. The highest BCUT2D eigenvalue weighted by Crippen LogP contribution is 2.26. The molecule has 0 spiro atoms. The topological polar surface area (TPSA) is 69.1 Å². The molecule has 0 radical (unpaired) electrons. The quantitative estimate of drug-likeness (QED) is 0.653. The van der Waals surface area contributed by atoms with Gasteiger partial charge in [0.15, 0.2) is 0 Å². The zero-order valence-electron chi connectivity index (χ0n) is 12.2. The van der Waals surface area contributed by atoms with E-state index in [1.807, 2.05) is 48.5 Å². The molecule has 3 aromatic carbocycles. The summed E-state index contributed by atoms with van der Waals surface area (Å²) in [6, 6.07) is 20.8. The molecule has 0 amide bonds. The number of anilines is 2. The molecule has 0 aromatic heterocycles. The maximum Gasteiger partial charge on any atom is 0.0850 e. The van der Waals surface area contributed by atoms with Crippen LogP contribution in [0, 0.1) is 0 Å². The normalized spacial score (nSPS) is 12.0. The van der Waals surface area contributed by atoms with Crippen molar-refractivity contribution >= 4 is 38.1 Å². The Morgan fingerprint density at radius 3 is 1.78 bits per heavy atom. The molecule has 4 N–H and O–H groups in total. The molecule has 0 aliphatic carbocycles. The van der Waals surface area contributed by atoms with E-state index in [-0.39, 0.29) is 0 Å². The Morgan fingerprint density at radius 1 is 0.696 bits per heavy atom. The first-order chi connectivity index (χ1) is 11.0. The van der Waals surface area contributed by atoms with Crippen molar-refractivity contribution < 1.29 is 4.21 Å². The van der Waals surface area contributed by atoms with Crippen LogP contribution in [0.5, 0.6) is 0 Å². The Balaban J connectivity index is 1.88. The number of nitrogens with two attached hydrogens (primary N) is 2. The van der Waals surface area contributed by atoms with Gasteiger partial charge in [-0.05, 0) is 53.6 Å². The Bertz CT molecular complexity index is 861. The minimum absolute atomic E-state index is 0.447. The van der Waals surface area contributed by atoms with E-state index in [9.17, 15) is 4.21 Å². The predicted octanol–water partition coefficient (Wildman–Crippen LogP) is 4.45. The van der Waals surface area contributed by atoms with E-state index in [0.717, 1.165) is 20.5 Å². The van der Waals surface area contributed by atoms with Crippen molar-refractivity contribution in [1.82, 2.24) is 0 Å². The van der Waals surface area contributed by atoms with E-state index >= 15 is 0 Å². The standard InChI is InChI=1S/C18H15BrN2OS/c19-14-5-1-12(2-6-14)13-3-7-15(8-4-13)23(22)16-9-10-17(20)18(21)11-16/h1-11H,20-21H2. The third-order valence-corrected chi connectivity index (χ3v) is 5.43. The molecule has 1 atom stereocenters. The molecule has 0 bridgehead atoms. The molecule has 116 valence electrons. The third kappa shape index (κ3) is 3.46. The summed E-state index contributed by atoms with van der Waals surface area (Å²) >= 11 is 3.43. The van der Waals surface area contributed by atoms with Crippen molar-refractivity contribution in [2.45, 2.75) is 9.79 Å². The smallest absolute Gasteiger partial charge is 0.0850 e. The molecular weight excluding hydrogens is 372 g/mol. The lowest BCUT2D eigenvalue weighted by Crippen LogP contribution is -1.98. The van der Waals surface area contributed by atoms with Crippen LogP contribution in [-0.2, 0) is 10.8 Å². The summed E-state index contributed by atoms with van der Waals surface area (Å²) in [4.78, 5) is 1.38.